The number of carbonyl (C=O) groups excluding carboxylic acids is 3. The predicted molar refractivity (Wildman–Crippen MR) is 120 cm³/mol. The summed E-state index contributed by atoms with van der Waals surface area (Å²) < 4.78 is 0. The summed E-state index contributed by atoms with van der Waals surface area (Å²) in [6, 6.07) is 19.4. The highest BCUT2D eigenvalue weighted by Crippen LogP contribution is 2.42. The molecule has 0 spiro atoms. The molecule has 4 nitrogen and oxygen atoms in total. The van der Waals surface area contributed by atoms with Gasteiger partial charge in [-0.3, -0.25) is 14.4 Å². The molecule has 0 N–H and O–H groups in total. The molecule has 0 fully saturated rings. The maximum atomic E-state index is 13.5. The van der Waals surface area contributed by atoms with Gasteiger partial charge in [0.1, 0.15) is 17.5 Å². The Balaban J connectivity index is 1.82. The van der Waals surface area contributed by atoms with E-state index in [9.17, 15) is 14.4 Å². The van der Waals surface area contributed by atoms with Gasteiger partial charge in [-0.1, -0.05) is 60.7 Å². The Kier molecular flexibility index (Phi) is 5.48. The average molecular weight is 407 g/mol. The highest BCUT2D eigenvalue weighted by atomic mass is 16.1. The van der Waals surface area contributed by atoms with Crippen molar-refractivity contribution >= 4 is 28.6 Å². The number of rotatable bonds is 5. The molecule has 0 bridgehead atoms. The Morgan fingerprint density at radius 1 is 0.903 bits per heavy atom. The molecule has 2 aliphatic heterocycles. The van der Waals surface area contributed by atoms with Crippen molar-refractivity contribution in [2.75, 3.05) is 0 Å². The fraction of sp³-hybridized carbons (Fsp3) is 0.111. The first-order valence-electron chi connectivity index (χ1n) is 10.0. The van der Waals surface area contributed by atoms with Gasteiger partial charge in [-0.15, -0.1) is 5.73 Å². The van der Waals surface area contributed by atoms with Gasteiger partial charge in [-0.25, -0.2) is 0 Å². The quantitative estimate of drug-likeness (QED) is 0.531. The molecule has 2 heterocycles. The lowest BCUT2D eigenvalue weighted by Gasteiger charge is -2.22. The van der Waals surface area contributed by atoms with Gasteiger partial charge in [0, 0.05) is 11.8 Å². The average Bonchev–Trinajstić information content (AvgIpc) is 3.06. The highest BCUT2D eigenvalue weighted by molar-refractivity contribution is 6.38. The number of carbonyl (C=O) groups is 3. The molecule has 0 atom stereocenters. The van der Waals surface area contributed by atoms with Crippen molar-refractivity contribution in [1.29, 1.82) is 0 Å². The van der Waals surface area contributed by atoms with Crippen LogP contribution in [0.25, 0.3) is 11.3 Å². The topological polar surface area (TPSA) is 54.5 Å². The molecule has 0 aromatic heterocycles. The van der Waals surface area contributed by atoms with E-state index in [0.29, 0.717) is 16.8 Å². The summed E-state index contributed by atoms with van der Waals surface area (Å²) in [5.74, 6) is -1.37. The van der Waals surface area contributed by atoms with Crippen LogP contribution in [0.2, 0.25) is 0 Å². The van der Waals surface area contributed by atoms with Crippen molar-refractivity contribution in [3.05, 3.63) is 113 Å². The summed E-state index contributed by atoms with van der Waals surface area (Å²) in [6.07, 6.45) is 6.87. The summed E-state index contributed by atoms with van der Waals surface area (Å²) in [5, 5.41) is 0. The summed E-state index contributed by atoms with van der Waals surface area (Å²) in [5.41, 5.74) is 7.42. The molecule has 4 rings (SSSR count). The van der Waals surface area contributed by atoms with Gasteiger partial charge < -0.3 is 4.90 Å². The predicted octanol–water partition coefficient (Wildman–Crippen LogP) is 4.73. The van der Waals surface area contributed by atoms with Crippen LogP contribution in [0.3, 0.4) is 0 Å². The smallest absolute Gasteiger partial charge is 0.212 e. The van der Waals surface area contributed by atoms with E-state index in [4.69, 9.17) is 0 Å². The zero-order valence-electron chi connectivity index (χ0n) is 17.3. The number of nitrogens with zero attached hydrogens (tertiary/aromatic N) is 1. The van der Waals surface area contributed by atoms with Crippen molar-refractivity contribution in [1.82, 2.24) is 4.90 Å². The Morgan fingerprint density at radius 3 is 2.06 bits per heavy atom. The fourth-order valence-corrected chi connectivity index (χ4v) is 3.77. The molecule has 4 heteroatoms. The Hall–Kier alpha value is -4.01. The van der Waals surface area contributed by atoms with E-state index in [-0.39, 0.29) is 17.3 Å². The maximum Gasteiger partial charge on any atom is 0.212 e. The van der Waals surface area contributed by atoms with Crippen LogP contribution in [0.15, 0.2) is 102 Å². The van der Waals surface area contributed by atoms with E-state index in [2.05, 4.69) is 5.73 Å². The van der Waals surface area contributed by atoms with Crippen LogP contribution in [-0.4, -0.2) is 22.2 Å². The first-order valence-corrected chi connectivity index (χ1v) is 10.0. The van der Waals surface area contributed by atoms with Crippen molar-refractivity contribution in [2.45, 2.75) is 13.8 Å². The lowest BCUT2D eigenvalue weighted by atomic mass is 9.98. The van der Waals surface area contributed by atoms with Crippen LogP contribution < -0.4 is 0 Å². The van der Waals surface area contributed by atoms with Gasteiger partial charge in [0.2, 0.25) is 5.78 Å². The van der Waals surface area contributed by atoms with Gasteiger partial charge in [0.05, 0.1) is 17.0 Å². The normalized spacial score (nSPS) is 15.1. The second-order valence-corrected chi connectivity index (χ2v) is 7.47. The largest absolute Gasteiger partial charge is 0.312 e. The van der Waals surface area contributed by atoms with E-state index in [1.807, 2.05) is 77.8 Å². The summed E-state index contributed by atoms with van der Waals surface area (Å²) in [4.78, 5) is 38.7. The first-order chi connectivity index (χ1) is 15.0. The van der Waals surface area contributed by atoms with Crippen molar-refractivity contribution in [3.63, 3.8) is 0 Å². The van der Waals surface area contributed by atoms with E-state index in [0.717, 1.165) is 16.8 Å². The molecule has 152 valence electrons. The molecule has 0 amide bonds. The van der Waals surface area contributed by atoms with Gasteiger partial charge in [0.25, 0.3) is 0 Å². The van der Waals surface area contributed by atoms with E-state index in [1.165, 1.54) is 19.9 Å². The first kappa shape index (κ1) is 20.3. The highest BCUT2D eigenvalue weighted by Gasteiger charge is 2.36. The molecule has 2 aromatic carbocycles. The second kappa shape index (κ2) is 8.39. The van der Waals surface area contributed by atoms with Crippen molar-refractivity contribution < 1.29 is 14.4 Å². The monoisotopic (exact) mass is 407 g/mol. The third-order valence-corrected chi connectivity index (χ3v) is 5.29. The number of Topliss-reactive ketones (excluding diaryl/α,β-unsaturated/α-hetero) is 3. The maximum absolute atomic E-state index is 13.5. The van der Waals surface area contributed by atoms with Gasteiger partial charge >= 0.3 is 0 Å². The third-order valence-electron chi connectivity index (χ3n) is 5.29. The number of hydrogen-bond acceptors (Lipinski definition) is 4. The molecule has 0 radical (unpaired) electrons. The van der Waals surface area contributed by atoms with Crippen LogP contribution in [0.4, 0.5) is 0 Å². The standard InChI is InChI=1S/C27H21NO3/c1-18(29)23(19(2)30)14-13-20-15-16-28-24(17-20)27(31)25(21-9-5-3-6-10-21)26(28)22-11-7-4-8-12-22/h3-12,14-17,23H,1-2H3. The van der Waals surface area contributed by atoms with Crippen LogP contribution in [0.1, 0.15) is 25.0 Å². The SMILES string of the molecule is CC(=O)C(C=C=C1C=CN2C(=C1)C(=O)C(c1ccccc1)=C2c1ccccc1)C(C)=O. The number of fused-ring (bicyclic) bond motifs is 1. The summed E-state index contributed by atoms with van der Waals surface area (Å²) in [6.45, 7) is 2.77. The molecule has 2 aromatic rings. The van der Waals surface area contributed by atoms with Gasteiger partial charge in [0.15, 0.2) is 0 Å². The molecule has 0 unspecified atom stereocenters. The van der Waals surface area contributed by atoms with Crippen molar-refractivity contribution in [2.24, 2.45) is 5.92 Å². The Bertz CT molecular complexity index is 1210. The fourth-order valence-electron chi connectivity index (χ4n) is 3.77. The molecular weight excluding hydrogens is 386 g/mol. The number of hydrogen-bond donors (Lipinski definition) is 0. The van der Waals surface area contributed by atoms with Crippen LogP contribution >= 0.6 is 0 Å². The number of ketones is 3. The zero-order valence-corrected chi connectivity index (χ0v) is 17.3. The molecule has 0 saturated heterocycles. The summed E-state index contributed by atoms with van der Waals surface area (Å²) >= 11 is 0. The zero-order chi connectivity index (χ0) is 22.0. The lowest BCUT2D eigenvalue weighted by molar-refractivity contribution is -0.128. The molecular formula is C27H21NO3. The Labute approximate surface area is 181 Å². The molecule has 31 heavy (non-hydrogen) atoms. The molecule has 0 aliphatic carbocycles. The summed E-state index contributed by atoms with van der Waals surface area (Å²) in [7, 11) is 0. The molecule has 0 saturated carbocycles. The lowest BCUT2D eigenvalue weighted by Crippen LogP contribution is -2.17. The van der Waals surface area contributed by atoms with E-state index >= 15 is 0 Å². The van der Waals surface area contributed by atoms with Gasteiger partial charge in [-0.2, -0.15) is 0 Å². The Morgan fingerprint density at radius 2 is 1.48 bits per heavy atom. The number of benzene rings is 2. The van der Waals surface area contributed by atoms with E-state index in [1.54, 1.807) is 6.08 Å². The minimum absolute atomic E-state index is 0.0802. The van der Waals surface area contributed by atoms with Gasteiger partial charge in [-0.05, 0) is 43.2 Å². The second-order valence-electron chi connectivity index (χ2n) is 7.47. The third kappa shape index (κ3) is 3.89. The number of allylic oxidation sites excluding steroid dienone is 4. The van der Waals surface area contributed by atoms with Crippen LogP contribution in [0, 0.1) is 5.92 Å². The van der Waals surface area contributed by atoms with Crippen LogP contribution in [-0.2, 0) is 14.4 Å². The van der Waals surface area contributed by atoms with Crippen molar-refractivity contribution in [3.8, 4) is 0 Å². The minimum Gasteiger partial charge on any atom is -0.312 e. The van der Waals surface area contributed by atoms with Crippen LogP contribution in [0.5, 0.6) is 0 Å². The minimum atomic E-state index is -0.825. The molecule has 2 aliphatic rings. The van der Waals surface area contributed by atoms with E-state index < -0.39 is 5.92 Å².